The minimum atomic E-state index is -0.845. The van der Waals surface area contributed by atoms with Gasteiger partial charge in [0.05, 0.1) is 18.4 Å². The summed E-state index contributed by atoms with van der Waals surface area (Å²) in [7, 11) is 0. The molecule has 0 heterocycles. The predicted molar refractivity (Wildman–Crippen MR) is 107 cm³/mol. The quantitative estimate of drug-likeness (QED) is 0.549. The Labute approximate surface area is 165 Å². The fourth-order valence-corrected chi connectivity index (χ4v) is 5.86. The number of ether oxygens (including phenoxy) is 1. The second-order valence-corrected chi connectivity index (χ2v) is 9.48. The Morgan fingerprint density at radius 2 is 1.70 bits per heavy atom. The number of carboxylic acid groups (broad SMARTS) is 1. The van der Waals surface area contributed by atoms with Gasteiger partial charge in [0.2, 0.25) is 0 Å². The molecule has 2 saturated carbocycles. The lowest BCUT2D eigenvalue weighted by Crippen LogP contribution is -2.43. The molecule has 4 heteroatoms. The second kappa shape index (κ2) is 9.93. The summed E-state index contributed by atoms with van der Waals surface area (Å²) in [4.78, 5) is 24.2. The number of unbranched alkanes of at least 4 members (excludes halogenated alkanes) is 1. The topological polar surface area (TPSA) is 63.6 Å². The highest BCUT2D eigenvalue weighted by atomic mass is 16.5. The number of esters is 1. The van der Waals surface area contributed by atoms with Crippen molar-refractivity contribution in [1.82, 2.24) is 0 Å². The summed E-state index contributed by atoms with van der Waals surface area (Å²) in [6.07, 6.45) is 10.2. The Kier molecular flexibility index (Phi) is 8.18. The van der Waals surface area contributed by atoms with E-state index in [4.69, 9.17) is 4.74 Å². The number of rotatable bonds is 8. The van der Waals surface area contributed by atoms with Crippen LogP contribution in [-0.4, -0.2) is 23.7 Å². The molecule has 0 bridgehead atoms. The van der Waals surface area contributed by atoms with E-state index < -0.39 is 17.8 Å². The number of aliphatic carboxylic acids is 1. The Hall–Kier alpha value is -1.06. The van der Waals surface area contributed by atoms with Gasteiger partial charge in [0, 0.05) is 0 Å². The fraction of sp³-hybridized carbons (Fsp3) is 0.913. The van der Waals surface area contributed by atoms with Gasteiger partial charge in [0.1, 0.15) is 0 Å². The van der Waals surface area contributed by atoms with Gasteiger partial charge in [-0.3, -0.25) is 9.59 Å². The fourth-order valence-electron chi connectivity index (χ4n) is 5.86. The maximum Gasteiger partial charge on any atom is 0.309 e. The Balaban J connectivity index is 2.01. The standard InChI is InChI=1S/C23H40O4/c1-5-7-12-20-16(13-14-17(6-2)23(20,3)4)15-27-22(26)19-11-9-8-10-18(19)21(24)25/h16-20H,5-15H2,1-4H3,(H,24,25). The molecule has 1 N–H and O–H groups in total. The van der Waals surface area contributed by atoms with E-state index in [1.165, 1.54) is 32.1 Å². The highest BCUT2D eigenvalue weighted by molar-refractivity contribution is 5.81. The molecule has 0 aromatic heterocycles. The Morgan fingerprint density at radius 1 is 1.04 bits per heavy atom. The van der Waals surface area contributed by atoms with Crippen LogP contribution >= 0.6 is 0 Å². The highest BCUT2D eigenvalue weighted by Gasteiger charge is 2.44. The SMILES string of the molecule is CCCCC1C(COC(=O)C2CCCCC2C(=O)O)CCC(CC)C1(C)C. The molecule has 2 fully saturated rings. The van der Waals surface area contributed by atoms with E-state index in [-0.39, 0.29) is 11.4 Å². The van der Waals surface area contributed by atoms with Gasteiger partial charge >= 0.3 is 11.9 Å². The number of hydrogen-bond acceptors (Lipinski definition) is 3. The molecule has 0 aromatic rings. The zero-order chi connectivity index (χ0) is 20.0. The summed E-state index contributed by atoms with van der Waals surface area (Å²) in [5, 5.41) is 9.43. The van der Waals surface area contributed by atoms with Crippen LogP contribution in [0.2, 0.25) is 0 Å². The lowest BCUT2D eigenvalue weighted by atomic mass is 9.56. The van der Waals surface area contributed by atoms with E-state index >= 15 is 0 Å². The van der Waals surface area contributed by atoms with Crippen LogP contribution in [0.25, 0.3) is 0 Å². The molecule has 156 valence electrons. The molecule has 2 aliphatic rings. The number of carboxylic acids is 1. The number of carbonyl (C=O) groups excluding carboxylic acids is 1. The van der Waals surface area contributed by atoms with Gasteiger partial charge < -0.3 is 9.84 Å². The average Bonchev–Trinajstić information content (AvgIpc) is 2.64. The van der Waals surface area contributed by atoms with Crippen LogP contribution in [0.4, 0.5) is 0 Å². The second-order valence-electron chi connectivity index (χ2n) is 9.48. The van der Waals surface area contributed by atoms with Crippen LogP contribution in [0.15, 0.2) is 0 Å². The van der Waals surface area contributed by atoms with E-state index in [0.29, 0.717) is 31.3 Å². The van der Waals surface area contributed by atoms with Crippen LogP contribution in [0.1, 0.15) is 91.9 Å². The maximum absolute atomic E-state index is 12.7. The molecule has 0 saturated heterocycles. The Morgan fingerprint density at radius 3 is 2.30 bits per heavy atom. The zero-order valence-electron chi connectivity index (χ0n) is 17.8. The predicted octanol–water partition coefficient (Wildman–Crippen LogP) is 5.69. The summed E-state index contributed by atoms with van der Waals surface area (Å²) in [5.41, 5.74) is 0.272. The van der Waals surface area contributed by atoms with E-state index in [1.807, 2.05) is 0 Å². The van der Waals surface area contributed by atoms with Crippen molar-refractivity contribution in [3.63, 3.8) is 0 Å². The molecule has 2 aliphatic carbocycles. The molecule has 0 aliphatic heterocycles. The summed E-state index contributed by atoms with van der Waals surface area (Å²) in [6.45, 7) is 9.79. The van der Waals surface area contributed by atoms with Crippen LogP contribution in [0.3, 0.4) is 0 Å². The first-order chi connectivity index (χ1) is 12.8. The molecular formula is C23H40O4. The molecule has 0 spiro atoms. The first-order valence-corrected chi connectivity index (χ1v) is 11.2. The molecule has 27 heavy (non-hydrogen) atoms. The van der Waals surface area contributed by atoms with Crippen LogP contribution in [-0.2, 0) is 14.3 Å². The van der Waals surface area contributed by atoms with Crippen LogP contribution in [0.5, 0.6) is 0 Å². The van der Waals surface area contributed by atoms with Gasteiger partial charge in [-0.2, -0.15) is 0 Å². The van der Waals surface area contributed by atoms with E-state index in [2.05, 4.69) is 27.7 Å². The van der Waals surface area contributed by atoms with E-state index in [0.717, 1.165) is 25.2 Å². The Bertz CT molecular complexity index is 499. The van der Waals surface area contributed by atoms with Crippen molar-refractivity contribution < 1.29 is 19.4 Å². The van der Waals surface area contributed by atoms with E-state index in [1.54, 1.807) is 0 Å². The largest absolute Gasteiger partial charge is 0.481 e. The summed E-state index contributed by atoms with van der Waals surface area (Å²) in [6, 6.07) is 0. The lowest BCUT2D eigenvalue weighted by Gasteiger charge is -2.49. The molecular weight excluding hydrogens is 340 g/mol. The number of carbonyl (C=O) groups is 2. The zero-order valence-corrected chi connectivity index (χ0v) is 17.8. The van der Waals surface area contributed by atoms with Gasteiger partial charge in [0.15, 0.2) is 0 Å². The van der Waals surface area contributed by atoms with Crippen molar-refractivity contribution in [1.29, 1.82) is 0 Å². The van der Waals surface area contributed by atoms with E-state index in [9.17, 15) is 14.7 Å². The van der Waals surface area contributed by atoms with Gasteiger partial charge in [-0.1, -0.05) is 59.8 Å². The summed E-state index contributed by atoms with van der Waals surface area (Å²) >= 11 is 0. The van der Waals surface area contributed by atoms with Gasteiger partial charge in [0.25, 0.3) is 0 Å². The third kappa shape index (κ3) is 5.26. The molecule has 5 unspecified atom stereocenters. The van der Waals surface area contributed by atoms with Crippen molar-refractivity contribution in [2.45, 2.75) is 91.9 Å². The van der Waals surface area contributed by atoms with Crippen molar-refractivity contribution in [2.24, 2.45) is 35.0 Å². The van der Waals surface area contributed by atoms with Crippen molar-refractivity contribution in [2.75, 3.05) is 6.61 Å². The van der Waals surface area contributed by atoms with Crippen molar-refractivity contribution in [3.05, 3.63) is 0 Å². The maximum atomic E-state index is 12.7. The number of hydrogen-bond donors (Lipinski definition) is 1. The van der Waals surface area contributed by atoms with Crippen LogP contribution in [0, 0.1) is 35.0 Å². The molecule has 2 rings (SSSR count). The van der Waals surface area contributed by atoms with Gasteiger partial charge in [-0.15, -0.1) is 0 Å². The van der Waals surface area contributed by atoms with Gasteiger partial charge in [-0.05, 0) is 55.3 Å². The average molecular weight is 381 g/mol. The minimum absolute atomic E-state index is 0.272. The molecule has 0 radical (unpaired) electrons. The minimum Gasteiger partial charge on any atom is -0.481 e. The third-order valence-electron chi connectivity index (χ3n) is 7.65. The molecule has 0 amide bonds. The highest BCUT2D eigenvalue weighted by Crippen LogP contribution is 2.51. The molecule has 4 nitrogen and oxygen atoms in total. The summed E-state index contributed by atoms with van der Waals surface area (Å²) in [5.74, 6) is -0.412. The van der Waals surface area contributed by atoms with Crippen molar-refractivity contribution in [3.8, 4) is 0 Å². The van der Waals surface area contributed by atoms with Gasteiger partial charge in [-0.25, -0.2) is 0 Å². The summed E-state index contributed by atoms with van der Waals surface area (Å²) < 4.78 is 5.77. The smallest absolute Gasteiger partial charge is 0.309 e. The molecule has 5 atom stereocenters. The first-order valence-electron chi connectivity index (χ1n) is 11.2. The van der Waals surface area contributed by atoms with Crippen molar-refractivity contribution >= 4 is 11.9 Å². The van der Waals surface area contributed by atoms with Crippen LogP contribution < -0.4 is 0 Å². The monoisotopic (exact) mass is 380 g/mol. The third-order valence-corrected chi connectivity index (χ3v) is 7.65. The lowest BCUT2D eigenvalue weighted by molar-refractivity contribution is -0.162. The first kappa shape index (κ1) is 22.2. The normalized spacial score (nSPS) is 33.4. The molecule has 0 aromatic carbocycles.